The molecule has 0 N–H and O–H groups in total. The lowest BCUT2D eigenvalue weighted by Crippen LogP contribution is -2.34. The Morgan fingerprint density at radius 3 is 3.09 bits per heavy atom. The normalized spacial score (nSPS) is 19.0. The molecule has 1 aromatic heterocycles. The van der Waals surface area contributed by atoms with E-state index in [4.69, 9.17) is 4.74 Å². The first kappa shape index (κ1) is 16.0. The highest BCUT2D eigenvalue weighted by Crippen LogP contribution is 2.22. The number of amides is 1. The van der Waals surface area contributed by atoms with Crippen LogP contribution in [0.15, 0.2) is 24.5 Å². The highest BCUT2D eigenvalue weighted by Gasteiger charge is 2.23. The van der Waals surface area contributed by atoms with E-state index in [1.807, 2.05) is 34.7 Å². The standard InChI is InChI=1S/C18H25N3O2/c1-20-13-19-16-11-15(6-7-17(16)20)18(22)21-9-4-3-5-14(12-21)8-10-23-2/h6-7,11,13-14H,3-5,8-10,12H2,1-2H3. The van der Waals surface area contributed by atoms with Gasteiger partial charge in [-0.05, 0) is 43.4 Å². The van der Waals surface area contributed by atoms with Crippen molar-refractivity contribution in [3.05, 3.63) is 30.1 Å². The Bertz CT molecular complexity index is 680. The van der Waals surface area contributed by atoms with Crippen LogP contribution in [-0.2, 0) is 11.8 Å². The molecule has 2 heterocycles. The first-order valence-corrected chi connectivity index (χ1v) is 8.38. The fourth-order valence-corrected chi connectivity index (χ4v) is 3.39. The summed E-state index contributed by atoms with van der Waals surface area (Å²) in [5.41, 5.74) is 2.67. The van der Waals surface area contributed by atoms with Gasteiger partial charge in [0.15, 0.2) is 0 Å². The predicted molar refractivity (Wildman–Crippen MR) is 90.5 cm³/mol. The molecule has 1 aliphatic rings. The molecule has 1 unspecified atom stereocenters. The van der Waals surface area contributed by atoms with Gasteiger partial charge >= 0.3 is 0 Å². The molecule has 1 atom stereocenters. The van der Waals surface area contributed by atoms with E-state index in [1.54, 1.807) is 13.4 Å². The van der Waals surface area contributed by atoms with Crippen LogP contribution in [0.5, 0.6) is 0 Å². The van der Waals surface area contributed by atoms with E-state index in [0.717, 1.165) is 49.1 Å². The van der Waals surface area contributed by atoms with Crippen molar-refractivity contribution in [1.82, 2.24) is 14.5 Å². The van der Waals surface area contributed by atoms with Gasteiger partial charge in [0, 0.05) is 39.4 Å². The van der Waals surface area contributed by atoms with E-state index in [1.165, 1.54) is 12.8 Å². The van der Waals surface area contributed by atoms with Crippen molar-refractivity contribution in [3.8, 4) is 0 Å². The lowest BCUT2D eigenvalue weighted by molar-refractivity contribution is 0.0728. The summed E-state index contributed by atoms with van der Waals surface area (Å²) < 4.78 is 7.17. The van der Waals surface area contributed by atoms with E-state index in [2.05, 4.69) is 4.98 Å². The second-order valence-corrected chi connectivity index (χ2v) is 6.45. The number of likely N-dealkylation sites (tertiary alicyclic amines) is 1. The molecule has 1 amide bonds. The zero-order valence-corrected chi connectivity index (χ0v) is 14.0. The third-order valence-corrected chi connectivity index (χ3v) is 4.76. The first-order valence-electron chi connectivity index (χ1n) is 8.38. The number of methoxy groups -OCH3 is 1. The topological polar surface area (TPSA) is 47.4 Å². The quantitative estimate of drug-likeness (QED) is 0.871. The van der Waals surface area contributed by atoms with Crippen molar-refractivity contribution in [2.75, 3.05) is 26.8 Å². The van der Waals surface area contributed by atoms with E-state index in [9.17, 15) is 4.79 Å². The molecule has 0 saturated carbocycles. The van der Waals surface area contributed by atoms with Crippen LogP contribution in [0.2, 0.25) is 0 Å². The monoisotopic (exact) mass is 315 g/mol. The molecule has 23 heavy (non-hydrogen) atoms. The second kappa shape index (κ2) is 7.13. The molecule has 3 rings (SSSR count). The minimum Gasteiger partial charge on any atom is -0.385 e. The van der Waals surface area contributed by atoms with Crippen molar-refractivity contribution in [2.24, 2.45) is 13.0 Å². The van der Waals surface area contributed by atoms with Crippen LogP contribution < -0.4 is 0 Å². The molecule has 2 aromatic rings. The third-order valence-electron chi connectivity index (χ3n) is 4.76. The number of imidazole rings is 1. The fourth-order valence-electron chi connectivity index (χ4n) is 3.39. The summed E-state index contributed by atoms with van der Waals surface area (Å²) in [4.78, 5) is 19.2. The van der Waals surface area contributed by atoms with Crippen molar-refractivity contribution < 1.29 is 9.53 Å². The molecule has 0 bridgehead atoms. The van der Waals surface area contributed by atoms with Crippen molar-refractivity contribution in [2.45, 2.75) is 25.7 Å². The summed E-state index contributed by atoms with van der Waals surface area (Å²) in [6.45, 7) is 2.46. The molecule has 5 heteroatoms. The van der Waals surface area contributed by atoms with Gasteiger partial charge in [0.05, 0.1) is 17.4 Å². The van der Waals surface area contributed by atoms with Crippen LogP contribution in [0.4, 0.5) is 0 Å². The molecule has 0 spiro atoms. The van der Waals surface area contributed by atoms with Gasteiger partial charge in [0.1, 0.15) is 0 Å². The molecule has 1 fully saturated rings. The number of hydrogen-bond donors (Lipinski definition) is 0. The van der Waals surface area contributed by atoms with Crippen molar-refractivity contribution in [3.63, 3.8) is 0 Å². The van der Waals surface area contributed by atoms with E-state index in [0.29, 0.717) is 5.92 Å². The number of ether oxygens (including phenoxy) is 1. The Morgan fingerprint density at radius 1 is 1.39 bits per heavy atom. The van der Waals surface area contributed by atoms with Gasteiger partial charge in [-0.25, -0.2) is 4.98 Å². The Hall–Kier alpha value is -1.88. The summed E-state index contributed by atoms with van der Waals surface area (Å²) in [5.74, 6) is 0.668. The molecule has 0 radical (unpaired) electrons. The minimum atomic E-state index is 0.127. The highest BCUT2D eigenvalue weighted by atomic mass is 16.5. The average molecular weight is 315 g/mol. The van der Waals surface area contributed by atoms with E-state index in [-0.39, 0.29) is 5.91 Å². The van der Waals surface area contributed by atoms with E-state index >= 15 is 0 Å². The number of nitrogens with zero attached hydrogens (tertiary/aromatic N) is 3. The summed E-state index contributed by atoms with van der Waals surface area (Å²) in [6.07, 6.45) is 6.27. The number of fused-ring (bicyclic) bond motifs is 1. The van der Waals surface area contributed by atoms with Crippen LogP contribution in [0.3, 0.4) is 0 Å². The summed E-state index contributed by atoms with van der Waals surface area (Å²) in [5, 5.41) is 0. The zero-order chi connectivity index (χ0) is 16.2. The summed E-state index contributed by atoms with van der Waals surface area (Å²) >= 11 is 0. The van der Waals surface area contributed by atoms with Gasteiger partial charge in [0.2, 0.25) is 0 Å². The SMILES string of the molecule is COCCC1CCCCN(C(=O)c2ccc3c(c2)ncn3C)C1. The predicted octanol–water partition coefficient (Wildman–Crippen LogP) is 2.85. The number of hydrogen-bond acceptors (Lipinski definition) is 3. The Kier molecular flexibility index (Phi) is 4.96. The molecular weight excluding hydrogens is 290 g/mol. The number of rotatable bonds is 4. The van der Waals surface area contributed by atoms with Crippen LogP contribution in [0.25, 0.3) is 11.0 Å². The Labute approximate surface area is 137 Å². The highest BCUT2D eigenvalue weighted by molar-refractivity contribution is 5.97. The maximum Gasteiger partial charge on any atom is 0.253 e. The maximum atomic E-state index is 12.9. The molecule has 5 nitrogen and oxygen atoms in total. The van der Waals surface area contributed by atoms with Crippen LogP contribution in [0, 0.1) is 5.92 Å². The molecule has 1 saturated heterocycles. The number of aromatic nitrogens is 2. The summed E-state index contributed by atoms with van der Waals surface area (Å²) in [6, 6.07) is 5.81. The minimum absolute atomic E-state index is 0.127. The lowest BCUT2D eigenvalue weighted by Gasteiger charge is -2.24. The number of carbonyl (C=O) groups excluding carboxylic acids is 1. The van der Waals surface area contributed by atoms with Crippen LogP contribution >= 0.6 is 0 Å². The molecule has 0 aliphatic carbocycles. The fraction of sp³-hybridized carbons (Fsp3) is 0.556. The summed E-state index contributed by atoms with van der Waals surface area (Å²) in [7, 11) is 3.70. The second-order valence-electron chi connectivity index (χ2n) is 6.45. The van der Waals surface area contributed by atoms with E-state index < -0.39 is 0 Å². The van der Waals surface area contributed by atoms with Gasteiger partial charge in [-0.1, -0.05) is 6.42 Å². The van der Waals surface area contributed by atoms with Crippen molar-refractivity contribution >= 4 is 16.9 Å². The van der Waals surface area contributed by atoms with Gasteiger partial charge in [0.25, 0.3) is 5.91 Å². The molecule has 124 valence electrons. The van der Waals surface area contributed by atoms with Crippen LogP contribution in [-0.4, -0.2) is 47.2 Å². The smallest absolute Gasteiger partial charge is 0.253 e. The first-order chi connectivity index (χ1) is 11.2. The van der Waals surface area contributed by atoms with Gasteiger partial charge in [-0.2, -0.15) is 0 Å². The average Bonchev–Trinajstić information content (AvgIpc) is 2.79. The number of benzene rings is 1. The zero-order valence-electron chi connectivity index (χ0n) is 14.0. The van der Waals surface area contributed by atoms with Gasteiger partial charge < -0.3 is 14.2 Å². The van der Waals surface area contributed by atoms with Gasteiger partial charge in [-0.15, -0.1) is 0 Å². The van der Waals surface area contributed by atoms with Crippen LogP contribution in [0.1, 0.15) is 36.0 Å². The molecule has 1 aliphatic heterocycles. The van der Waals surface area contributed by atoms with Crippen molar-refractivity contribution in [1.29, 1.82) is 0 Å². The Balaban J connectivity index is 1.76. The molecule has 1 aromatic carbocycles. The number of carbonyl (C=O) groups is 1. The largest absolute Gasteiger partial charge is 0.385 e. The molecular formula is C18H25N3O2. The third kappa shape index (κ3) is 3.55. The lowest BCUT2D eigenvalue weighted by atomic mass is 10.00. The van der Waals surface area contributed by atoms with Gasteiger partial charge in [-0.3, -0.25) is 4.79 Å². The number of aryl methyl sites for hydroxylation is 1. The maximum absolute atomic E-state index is 12.9. The Morgan fingerprint density at radius 2 is 2.26 bits per heavy atom.